The van der Waals surface area contributed by atoms with Gasteiger partial charge in [-0.2, -0.15) is 0 Å². The van der Waals surface area contributed by atoms with Crippen LogP contribution in [0.1, 0.15) is 59.3 Å². The van der Waals surface area contributed by atoms with Crippen LogP contribution in [0.2, 0.25) is 0 Å². The minimum atomic E-state index is -2.84. The molecular weight excluding hydrogens is 285 g/mol. The first-order valence-electron chi connectivity index (χ1n) is 8.21. The van der Waals surface area contributed by atoms with Crippen LogP contribution in [0.25, 0.3) is 0 Å². The van der Waals surface area contributed by atoms with Crippen LogP contribution in [0.5, 0.6) is 0 Å². The fraction of sp³-hybridized carbons (Fsp3) is 0.929. The van der Waals surface area contributed by atoms with Gasteiger partial charge >= 0.3 is 7.59 Å². The predicted molar refractivity (Wildman–Crippen MR) is 92.8 cm³/mol. The topological polar surface area (TPSA) is 77.5 Å². The Morgan fingerprint density at radius 1 is 0.905 bits per heavy atom. The summed E-state index contributed by atoms with van der Waals surface area (Å²) in [7, 11) is -1.15. The van der Waals surface area contributed by atoms with E-state index < -0.39 is 7.59 Å². The molecule has 6 nitrogen and oxygen atoms in total. The van der Waals surface area contributed by atoms with Crippen molar-refractivity contribution >= 4 is 13.6 Å². The molecular formula is C14H34N5OP. The molecule has 0 aliphatic heterocycles. The third kappa shape index (κ3) is 10.7. The molecule has 0 aromatic heterocycles. The van der Waals surface area contributed by atoms with Crippen LogP contribution in [-0.4, -0.2) is 32.6 Å². The molecule has 0 atom stereocenters. The van der Waals surface area contributed by atoms with E-state index >= 15 is 0 Å². The maximum absolute atomic E-state index is 12.9. The first-order valence-corrected chi connectivity index (χ1v) is 9.91. The minimum absolute atomic E-state index is 0.583. The van der Waals surface area contributed by atoms with E-state index in [1.807, 2.05) is 0 Å². The summed E-state index contributed by atoms with van der Waals surface area (Å²) in [6.07, 6.45) is 6.34. The highest BCUT2D eigenvalue weighted by atomic mass is 31.2. The van der Waals surface area contributed by atoms with E-state index in [-0.39, 0.29) is 0 Å². The van der Waals surface area contributed by atoms with Gasteiger partial charge in [0, 0.05) is 26.7 Å². The molecule has 0 amide bonds. The van der Waals surface area contributed by atoms with Gasteiger partial charge in [-0.25, -0.2) is 10.2 Å². The molecule has 7 heteroatoms. The molecule has 0 saturated heterocycles. The van der Waals surface area contributed by atoms with Crippen molar-refractivity contribution in [2.75, 3.05) is 26.7 Å². The van der Waals surface area contributed by atoms with Crippen LogP contribution in [0.4, 0.5) is 0 Å². The Kier molecular flexibility index (Phi) is 12.7. The van der Waals surface area contributed by atoms with Gasteiger partial charge < -0.3 is 5.32 Å². The summed E-state index contributed by atoms with van der Waals surface area (Å²) in [5.74, 6) is 0.583. The molecule has 21 heavy (non-hydrogen) atoms. The third-order valence-electron chi connectivity index (χ3n) is 3.04. The van der Waals surface area contributed by atoms with Gasteiger partial charge in [-0.15, -0.1) is 0 Å². The summed E-state index contributed by atoms with van der Waals surface area (Å²) < 4.78 is 12.9. The van der Waals surface area contributed by atoms with Gasteiger partial charge in [0.2, 0.25) is 0 Å². The number of hydrogen-bond acceptors (Lipinski definition) is 2. The van der Waals surface area contributed by atoms with Gasteiger partial charge in [0.15, 0.2) is 5.96 Å². The van der Waals surface area contributed by atoms with Crippen LogP contribution in [0.3, 0.4) is 0 Å². The summed E-state index contributed by atoms with van der Waals surface area (Å²) in [6.45, 7) is 8.67. The zero-order valence-electron chi connectivity index (χ0n) is 14.2. The van der Waals surface area contributed by atoms with E-state index in [9.17, 15) is 4.57 Å². The van der Waals surface area contributed by atoms with Gasteiger partial charge in [0.05, 0.1) is 0 Å². The highest BCUT2D eigenvalue weighted by Gasteiger charge is 2.21. The number of unbranched alkanes of at least 4 members (excludes halogenated alkanes) is 3. The van der Waals surface area contributed by atoms with E-state index in [0.29, 0.717) is 5.96 Å². The monoisotopic (exact) mass is 319 g/mol. The molecule has 0 aromatic carbocycles. The van der Waals surface area contributed by atoms with Gasteiger partial charge in [-0.1, -0.05) is 40.0 Å². The summed E-state index contributed by atoms with van der Waals surface area (Å²) in [6, 6.07) is 0. The number of guanidine groups is 1. The highest BCUT2D eigenvalue weighted by molar-refractivity contribution is 7.58. The van der Waals surface area contributed by atoms with E-state index in [2.05, 4.69) is 46.3 Å². The zero-order chi connectivity index (χ0) is 16.0. The van der Waals surface area contributed by atoms with E-state index in [0.717, 1.165) is 58.2 Å². The lowest BCUT2D eigenvalue weighted by Crippen LogP contribution is -2.42. The molecule has 0 bridgehead atoms. The molecule has 0 unspecified atom stereocenters. The van der Waals surface area contributed by atoms with Gasteiger partial charge in [0.1, 0.15) is 0 Å². The molecule has 0 saturated carbocycles. The minimum Gasteiger partial charge on any atom is -0.356 e. The van der Waals surface area contributed by atoms with Crippen LogP contribution in [-0.2, 0) is 4.57 Å². The van der Waals surface area contributed by atoms with Crippen LogP contribution in [0.15, 0.2) is 4.99 Å². The lowest BCUT2D eigenvalue weighted by molar-refractivity contribution is 0.543. The number of rotatable bonds is 12. The lowest BCUT2D eigenvalue weighted by Gasteiger charge is -2.23. The van der Waals surface area contributed by atoms with Crippen molar-refractivity contribution in [3.05, 3.63) is 0 Å². The molecule has 0 aromatic rings. The number of nitrogens with zero attached hydrogens (tertiary/aromatic N) is 1. The molecule has 0 aliphatic carbocycles. The second-order valence-electron chi connectivity index (χ2n) is 5.10. The molecule has 0 fully saturated rings. The standard InChI is InChI=1S/C14H34N5OP/c1-5-8-11-16-14(15-4)19-21(20,17-12-9-6-2)18-13-10-7-3/h5-13H2,1-4H3,(H4,15,16,17,18,19,20). The van der Waals surface area contributed by atoms with Crippen molar-refractivity contribution in [3.63, 3.8) is 0 Å². The van der Waals surface area contributed by atoms with Gasteiger partial charge in [0.25, 0.3) is 0 Å². The Morgan fingerprint density at radius 2 is 1.38 bits per heavy atom. The average Bonchev–Trinajstić information content (AvgIpc) is 2.47. The van der Waals surface area contributed by atoms with E-state index in [1.54, 1.807) is 7.05 Å². The first kappa shape index (κ1) is 20.4. The Balaban J connectivity index is 4.49. The Bertz CT molecular complexity index is 308. The van der Waals surface area contributed by atoms with Crippen LogP contribution < -0.4 is 20.6 Å². The Morgan fingerprint density at radius 3 is 1.81 bits per heavy atom. The molecule has 0 rings (SSSR count). The second-order valence-corrected chi connectivity index (χ2v) is 7.17. The number of nitrogens with one attached hydrogen (secondary N) is 4. The molecule has 0 heterocycles. The maximum atomic E-state index is 12.9. The van der Waals surface area contributed by atoms with E-state index in [1.165, 1.54) is 0 Å². The quantitative estimate of drug-likeness (QED) is 0.193. The largest absolute Gasteiger partial charge is 0.356 e. The molecule has 0 aliphatic rings. The third-order valence-corrected chi connectivity index (χ3v) is 4.90. The number of hydrogen-bond donors (Lipinski definition) is 4. The molecule has 0 radical (unpaired) electrons. The van der Waals surface area contributed by atoms with Crippen molar-refractivity contribution in [3.8, 4) is 0 Å². The predicted octanol–water partition coefficient (Wildman–Crippen LogP) is 2.84. The van der Waals surface area contributed by atoms with Crippen molar-refractivity contribution in [2.24, 2.45) is 4.99 Å². The summed E-state index contributed by atoms with van der Waals surface area (Å²) >= 11 is 0. The normalized spacial score (nSPS) is 12.5. The molecule has 0 spiro atoms. The lowest BCUT2D eigenvalue weighted by atomic mass is 10.3. The van der Waals surface area contributed by atoms with Crippen LogP contribution >= 0.6 is 7.59 Å². The van der Waals surface area contributed by atoms with Gasteiger partial charge in [-0.05, 0) is 19.3 Å². The molecule has 126 valence electrons. The Hall–Kier alpha value is -0.580. The van der Waals surface area contributed by atoms with Crippen LogP contribution in [0, 0.1) is 0 Å². The highest BCUT2D eigenvalue weighted by Crippen LogP contribution is 2.29. The zero-order valence-corrected chi connectivity index (χ0v) is 15.1. The fourth-order valence-electron chi connectivity index (χ4n) is 1.66. The summed E-state index contributed by atoms with van der Waals surface area (Å²) in [5.41, 5.74) is 0. The van der Waals surface area contributed by atoms with Crippen molar-refractivity contribution in [2.45, 2.75) is 59.3 Å². The Labute approximate surface area is 130 Å². The number of aliphatic imine (C=N–C) groups is 1. The van der Waals surface area contributed by atoms with Crippen molar-refractivity contribution in [1.82, 2.24) is 20.6 Å². The average molecular weight is 319 g/mol. The summed E-state index contributed by atoms with van der Waals surface area (Å²) in [4.78, 5) is 4.14. The molecule has 4 N–H and O–H groups in total. The second kappa shape index (κ2) is 13.1. The van der Waals surface area contributed by atoms with Crippen molar-refractivity contribution in [1.29, 1.82) is 0 Å². The smallest absolute Gasteiger partial charge is 0.305 e. The fourth-order valence-corrected chi connectivity index (χ4v) is 3.36. The van der Waals surface area contributed by atoms with E-state index in [4.69, 9.17) is 0 Å². The summed E-state index contributed by atoms with van der Waals surface area (Å²) in [5, 5.41) is 12.5. The first-order chi connectivity index (χ1) is 10.1. The maximum Gasteiger partial charge on any atom is 0.305 e. The SMILES string of the molecule is CCCCNC(=NC)NP(=O)(NCCCC)NCCCC. The van der Waals surface area contributed by atoms with Gasteiger partial charge in [-0.3, -0.25) is 14.6 Å². The van der Waals surface area contributed by atoms with Crippen molar-refractivity contribution < 1.29 is 4.57 Å².